The van der Waals surface area contributed by atoms with Gasteiger partial charge in [-0.15, -0.1) is 0 Å². The molecule has 106 valence electrons. The molecule has 0 aromatic heterocycles. The van der Waals surface area contributed by atoms with Crippen LogP contribution < -0.4 is 11.1 Å². The molecule has 0 radical (unpaired) electrons. The maximum Gasteiger partial charge on any atom is 0.154 e. The average molecular weight is 321 g/mol. The van der Waals surface area contributed by atoms with Crippen molar-refractivity contribution in [3.8, 4) is 0 Å². The molecule has 3 N–H and O–H groups in total. The molecule has 0 saturated carbocycles. The molecule has 4 nitrogen and oxygen atoms in total. The van der Waals surface area contributed by atoms with Crippen molar-refractivity contribution in [3.63, 3.8) is 0 Å². The highest BCUT2D eigenvalue weighted by atomic mass is 35.5. The fraction of sp³-hybridized carbons (Fsp3) is 0.417. The number of rotatable bonds is 5. The van der Waals surface area contributed by atoms with Gasteiger partial charge in [-0.05, 0) is 32.0 Å². The van der Waals surface area contributed by atoms with Gasteiger partial charge in [0.25, 0.3) is 0 Å². The van der Waals surface area contributed by atoms with Crippen LogP contribution in [0.3, 0.4) is 0 Å². The lowest BCUT2D eigenvalue weighted by atomic mass is 10.1. The Labute approximate surface area is 124 Å². The molecule has 0 atom stereocenters. The van der Waals surface area contributed by atoms with Gasteiger partial charge in [-0.25, -0.2) is 8.42 Å². The van der Waals surface area contributed by atoms with E-state index in [1.54, 1.807) is 32.0 Å². The van der Waals surface area contributed by atoms with E-state index in [-0.39, 0.29) is 11.5 Å². The summed E-state index contributed by atoms with van der Waals surface area (Å²) in [5.41, 5.74) is 6.90. The molecule has 0 aliphatic rings. The lowest BCUT2D eigenvalue weighted by Crippen LogP contribution is -2.38. The van der Waals surface area contributed by atoms with Crippen LogP contribution in [-0.4, -0.2) is 31.0 Å². The van der Waals surface area contributed by atoms with Gasteiger partial charge in [-0.3, -0.25) is 0 Å². The third kappa shape index (κ3) is 4.06. The van der Waals surface area contributed by atoms with Crippen molar-refractivity contribution in [3.05, 3.63) is 28.8 Å². The van der Waals surface area contributed by atoms with E-state index in [0.717, 1.165) is 0 Å². The first kappa shape index (κ1) is 16.2. The van der Waals surface area contributed by atoms with Crippen LogP contribution in [0.4, 0.5) is 5.69 Å². The highest BCUT2D eigenvalue weighted by molar-refractivity contribution is 7.92. The summed E-state index contributed by atoms with van der Waals surface area (Å²) in [5, 5.41) is 3.58. The molecule has 1 rings (SSSR count). The van der Waals surface area contributed by atoms with Crippen LogP contribution in [-0.2, 0) is 9.84 Å². The smallest absolute Gasteiger partial charge is 0.154 e. The first-order chi connectivity index (χ1) is 8.54. The molecule has 0 bridgehead atoms. The van der Waals surface area contributed by atoms with Crippen molar-refractivity contribution in [2.75, 3.05) is 18.1 Å². The second kappa shape index (κ2) is 5.64. The Morgan fingerprint density at radius 2 is 2.05 bits per heavy atom. The summed E-state index contributed by atoms with van der Waals surface area (Å²) in [6, 6.07) is 5.07. The lowest BCUT2D eigenvalue weighted by molar-refractivity contribution is 0.560. The van der Waals surface area contributed by atoms with Gasteiger partial charge in [0.1, 0.15) is 4.99 Å². The topological polar surface area (TPSA) is 72.2 Å². The molecule has 0 aliphatic heterocycles. The molecule has 19 heavy (non-hydrogen) atoms. The van der Waals surface area contributed by atoms with Gasteiger partial charge in [0, 0.05) is 29.1 Å². The van der Waals surface area contributed by atoms with Crippen molar-refractivity contribution >= 4 is 44.3 Å². The van der Waals surface area contributed by atoms with E-state index < -0.39 is 14.6 Å². The third-order valence-corrected chi connectivity index (χ3v) is 5.56. The Morgan fingerprint density at radius 3 is 2.53 bits per heavy atom. The van der Waals surface area contributed by atoms with Crippen LogP contribution in [0.2, 0.25) is 5.02 Å². The summed E-state index contributed by atoms with van der Waals surface area (Å²) in [6.07, 6.45) is 1.21. The van der Waals surface area contributed by atoms with E-state index in [2.05, 4.69) is 5.32 Å². The number of halogens is 1. The van der Waals surface area contributed by atoms with Crippen LogP contribution >= 0.6 is 23.8 Å². The van der Waals surface area contributed by atoms with Gasteiger partial charge in [-0.2, -0.15) is 0 Å². The molecule has 0 spiro atoms. The minimum absolute atomic E-state index is 0.233. The number of anilines is 1. The zero-order chi connectivity index (χ0) is 14.8. The van der Waals surface area contributed by atoms with Crippen LogP contribution in [0.15, 0.2) is 18.2 Å². The Hall–Kier alpha value is -0.850. The first-order valence-corrected chi connectivity index (χ1v) is 8.25. The predicted octanol–water partition coefficient (Wildman–Crippen LogP) is 2.21. The van der Waals surface area contributed by atoms with Crippen LogP contribution in [0.25, 0.3) is 0 Å². The van der Waals surface area contributed by atoms with Crippen molar-refractivity contribution in [1.29, 1.82) is 0 Å². The number of benzene rings is 1. The van der Waals surface area contributed by atoms with E-state index in [9.17, 15) is 8.42 Å². The Bertz CT molecular complexity index is 598. The fourth-order valence-electron chi connectivity index (χ4n) is 1.32. The first-order valence-electron chi connectivity index (χ1n) is 5.57. The standard InChI is InChI=1S/C12H17ClN2O2S2/c1-12(2,19(3,16)17)7-15-10-6-8(13)4-5-9(10)11(14)18/h4-6,15H,7H2,1-3H3,(H2,14,18). The number of hydrogen-bond acceptors (Lipinski definition) is 4. The molecule has 0 aliphatic carbocycles. The average Bonchev–Trinajstić information content (AvgIpc) is 2.24. The highest BCUT2D eigenvalue weighted by Gasteiger charge is 2.30. The summed E-state index contributed by atoms with van der Waals surface area (Å²) in [4.78, 5) is 0.233. The van der Waals surface area contributed by atoms with Crippen molar-refractivity contribution in [1.82, 2.24) is 0 Å². The number of hydrogen-bond donors (Lipinski definition) is 2. The van der Waals surface area contributed by atoms with Gasteiger partial charge in [-0.1, -0.05) is 23.8 Å². The summed E-state index contributed by atoms with van der Waals surface area (Å²) < 4.78 is 22.4. The molecule has 1 aromatic rings. The Kier molecular flexibility index (Phi) is 4.81. The largest absolute Gasteiger partial charge is 0.389 e. The van der Waals surface area contributed by atoms with E-state index in [4.69, 9.17) is 29.6 Å². The van der Waals surface area contributed by atoms with Gasteiger partial charge >= 0.3 is 0 Å². The second-order valence-electron chi connectivity index (χ2n) is 4.94. The predicted molar refractivity (Wildman–Crippen MR) is 84.8 cm³/mol. The van der Waals surface area contributed by atoms with Gasteiger partial charge in [0.15, 0.2) is 9.84 Å². The molecule has 0 amide bonds. The van der Waals surface area contributed by atoms with Crippen LogP contribution in [0, 0.1) is 0 Å². The third-order valence-electron chi connectivity index (χ3n) is 2.96. The summed E-state index contributed by atoms with van der Waals surface area (Å²) in [5.74, 6) is 0. The quantitative estimate of drug-likeness (QED) is 0.814. The lowest BCUT2D eigenvalue weighted by Gasteiger charge is -2.24. The minimum Gasteiger partial charge on any atom is -0.389 e. The molecule has 0 heterocycles. The minimum atomic E-state index is -3.18. The molecular weight excluding hydrogens is 304 g/mol. The maximum absolute atomic E-state index is 11.6. The molecule has 7 heteroatoms. The Morgan fingerprint density at radius 1 is 1.47 bits per heavy atom. The SMILES string of the molecule is CC(C)(CNc1cc(Cl)ccc1C(N)=S)S(C)(=O)=O. The maximum atomic E-state index is 11.6. The van der Waals surface area contributed by atoms with Crippen LogP contribution in [0.1, 0.15) is 19.4 Å². The molecule has 0 saturated heterocycles. The van der Waals surface area contributed by atoms with E-state index >= 15 is 0 Å². The van der Waals surface area contributed by atoms with E-state index in [1.165, 1.54) is 6.26 Å². The number of thiocarbonyl (C=S) groups is 1. The summed E-state index contributed by atoms with van der Waals surface area (Å²) >= 11 is 10.9. The molecule has 1 aromatic carbocycles. The molecule has 0 unspecified atom stereocenters. The van der Waals surface area contributed by atoms with Gasteiger partial charge in [0.2, 0.25) is 0 Å². The van der Waals surface area contributed by atoms with Crippen molar-refractivity contribution < 1.29 is 8.42 Å². The van der Waals surface area contributed by atoms with E-state index in [0.29, 0.717) is 16.3 Å². The number of sulfone groups is 1. The number of nitrogens with one attached hydrogen (secondary N) is 1. The molecule has 0 fully saturated rings. The normalized spacial score (nSPS) is 12.2. The number of nitrogens with two attached hydrogens (primary N) is 1. The summed E-state index contributed by atoms with van der Waals surface area (Å²) in [7, 11) is -3.18. The Balaban J connectivity index is 3.01. The zero-order valence-corrected chi connectivity index (χ0v) is 13.4. The monoisotopic (exact) mass is 320 g/mol. The molecular formula is C12H17ClN2O2S2. The zero-order valence-electron chi connectivity index (χ0n) is 11.0. The fourth-order valence-corrected chi connectivity index (χ4v) is 2.00. The second-order valence-corrected chi connectivity index (χ2v) is 8.47. The van der Waals surface area contributed by atoms with Crippen molar-refractivity contribution in [2.24, 2.45) is 5.73 Å². The summed E-state index contributed by atoms with van der Waals surface area (Å²) in [6.45, 7) is 3.54. The van der Waals surface area contributed by atoms with Crippen LogP contribution in [0.5, 0.6) is 0 Å². The van der Waals surface area contributed by atoms with Gasteiger partial charge < -0.3 is 11.1 Å². The highest BCUT2D eigenvalue weighted by Crippen LogP contribution is 2.23. The van der Waals surface area contributed by atoms with Gasteiger partial charge in [0.05, 0.1) is 4.75 Å². The van der Waals surface area contributed by atoms with E-state index in [1.807, 2.05) is 0 Å². The van der Waals surface area contributed by atoms with Crippen molar-refractivity contribution in [2.45, 2.75) is 18.6 Å².